The second-order valence-corrected chi connectivity index (χ2v) is 12.3. The third-order valence-corrected chi connectivity index (χ3v) is 8.92. The van der Waals surface area contributed by atoms with Crippen molar-refractivity contribution in [3.8, 4) is 33.9 Å². The molecule has 1 aliphatic rings. The predicted octanol–water partition coefficient (Wildman–Crippen LogP) is 6.62. The standard InChI is InChI=1S/C33H31FN6O3S/c34-28-20-25(40-44(41,42)32-9-5-4-8-26(32)22-6-2-1-3-7-22)14-15-31(28)43-30-17-18-36-21-27(30)29-16-19-37-33(39-29)38-24-12-10-23(35)11-13-24/h1-9,14-21,23-24,40H,10-13,35H2,(H,37,38,39). The third-order valence-electron chi connectivity index (χ3n) is 7.48. The normalized spacial score (nSPS) is 16.7. The fourth-order valence-electron chi connectivity index (χ4n) is 5.22. The van der Waals surface area contributed by atoms with Crippen LogP contribution in [0.1, 0.15) is 25.7 Å². The van der Waals surface area contributed by atoms with Crippen molar-refractivity contribution in [2.75, 3.05) is 10.0 Å². The topological polar surface area (TPSA) is 132 Å². The van der Waals surface area contributed by atoms with Crippen molar-refractivity contribution in [3.05, 3.63) is 109 Å². The molecule has 0 saturated heterocycles. The van der Waals surface area contributed by atoms with Crippen LogP contribution in [-0.4, -0.2) is 35.5 Å². The molecule has 5 aromatic rings. The van der Waals surface area contributed by atoms with Crippen LogP contribution in [0.2, 0.25) is 0 Å². The number of anilines is 2. The van der Waals surface area contributed by atoms with Crippen molar-refractivity contribution in [2.24, 2.45) is 5.73 Å². The van der Waals surface area contributed by atoms with Gasteiger partial charge in [-0.15, -0.1) is 0 Å². The summed E-state index contributed by atoms with van der Waals surface area (Å²) in [6, 6.07) is 23.6. The number of nitrogens with zero attached hydrogens (tertiary/aromatic N) is 3. The number of hydrogen-bond acceptors (Lipinski definition) is 8. The lowest BCUT2D eigenvalue weighted by Gasteiger charge is -2.26. The average Bonchev–Trinajstić information content (AvgIpc) is 3.04. The number of hydrogen-bond donors (Lipinski definition) is 3. The highest BCUT2D eigenvalue weighted by molar-refractivity contribution is 7.92. The number of ether oxygens (including phenoxy) is 1. The van der Waals surface area contributed by atoms with Crippen LogP contribution in [-0.2, 0) is 10.0 Å². The molecule has 224 valence electrons. The Morgan fingerprint density at radius 3 is 2.41 bits per heavy atom. The first-order valence-electron chi connectivity index (χ1n) is 14.3. The first-order valence-corrected chi connectivity index (χ1v) is 15.8. The smallest absolute Gasteiger partial charge is 0.262 e. The molecule has 0 unspecified atom stereocenters. The Morgan fingerprint density at radius 1 is 0.841 bits per heavy atom. The van der Waals surface area contributed by atoms with E-state index in [0.29, 0.717) is 28.5 Å². The zero-order valence-electron chi connectivity index (χ0n) is 23.7. The Hall–Kier alpha value is -4.87. The van der Waals surface area contributed by atoms with Crippen molar-refractivity contribution >= 4 is 21.7 Å². The Labute approximate surface area is 255 Å². The van der Waals surface area contributed by atoms with Crippen LogP contribution in [0.4, 0.5) is 16.0 Å². The summed E-state index contributed by atoms with van der Waals surface area (Å²) < 4.78 is 50.5. The molecular weight excluding hydrogens is 579 g/mol. The van der Waals surface area contributed by atoms with Gasteiger partial charge in [-0.3, -0.25) is 9.71 Å². The molecule has 0 atom stereocenters. The minimum atomic E-state index is -4.03. The van der Waals surface area contributed by atoms with Gasteiger partial charge in [0.25, 0.3) is 10.0 Å². The minimum absolute atomic E-state index is 0.0582. The Balaban J connectivity index is 1.20. The number of benzene rings is 3. The molecule has 2 heterocycles. The number of nitrogens with one attached hydrogen (secondary N) is 2. The largest absolute Gasteiger partial charge is 0.453 e. The van der Waals surface area contributed by atoms with E-state index in [4.69, 9.17) is 10.5 Å². The van der Waals surface area contributed by atoms with E-state index in [9.17, 15) is 8.42 Å². The molecule has 0 aliphatic heterocycles. The van der Waals surface area contributed by atoms with E-state index in [-0.39, 0.29) is 28.4 Å². The van der Waals surface area contributed by atoms with Gasteiger partial charge in [-0.1, -0.05) is 48.5 Å². The van der Waals surface area contributed by atoms with E-state index in [1.54, 1.807) is 42.7 Å². The number of nitrogens with two attached hydrogens (primary N) is 1. The minimum Gasteiger partial charge on any atom is -0.453 e. The fraction of sp³-hybridized carbons (Fsp3) is 0.182. The van der Waals surface area contributed by atoms with Crippen LogP contribution in [0.5, 0.6) is 11.5 Å². The lowest BCUT2D eigenvalue weighted by Crippen LogP contribution is -2.33. The summed E-state index contributed by atoms with van der Waals surface area (Å²) in [4.78, 5) is 13.3. The second kappa shape index (κ2) is 12.8. The van der Waals surface area contributed by atoms with E-state index in [0.717, 1.165) is 37.3 Å². The van der Waals surface area contributed by atoms with Crippen molar-refractivity contribution in [1.29, 1.82) is 0 Å². The molecule has 2 aromatic heterocycles. The van der Waals surface area contributed by atoms with Crippen molar-refractivity contribution in [3.63, 3.8) is 0 Å². The molecule has 0 amide bonds. The highest BCUT2D eigenvalue weighted by Crippen LogP contribution is 2.35. The van der Waals surface area contributed by atoms with E-state index in [1.807, 2.05) is 30.3 Å². The van der Waals surface area contributed by atoms with E-state index >= 15 is 4.39 Å². The number of rotatable bonds is 9. The summed E-state index contributed by atoms with van der Waals surface area (Å²) in [6.45, 7) is 0. The van der Waals surface area contributed by atoms with Gasteiger partial charge < -0.3 is 15.8 Å². The molecule has 0 radical (unpaired) electrons. The highest BCUT2D eigenvalue weighted by atomic mass is 32.2. The second-order valence-electron chi connectivity index (χ2n) is 10.6. The number of halogens is 1. The van der Waals surface area contributed by atoms with Gasteiger partial charge in [0.15, 0.2) is 11.6 Å². The molecule has 6 rings (SSSR count). The quantitative estimate of drug-likeness (QED) is 0.170. The van der Waals surface area contributed by atoms with Gasteiger partial charge in [0.1, 0.15) is 5.75 Å². The number of sulfonamides is 1. The molecule has 4 N–H and O–H groups in total. The summed E-state index contributed by atoms with van der Waals surface area (Å²) in [6.07, 6.45) is 8.56. The molecule has 1 aliphatic carbocycles. The average molecular weight is 611 g/mol. The summed E-state index contributed by atoms with van der Waals surface area (Å²) >= 11 is 0. The molecule has 9 nitrogen and oxygen atoms in total. The van der Waals surface area contributed by atoms with Crippen LogP contribution in [0.15, 0.2) is 108 Å². The first kappa shape index (κ1) is 29.2. The number of pyridine rings is 1. The Kier molecular flexibility index (Phi) is 8.49. The Morgan fingerprint density at radius 2 is 1.61 bits per heavy atom. The van der Waals surface area contributed by atoms with E-state index in [1.165, 1.54) is 24.4 Å². The van der Waals surface area contributed by atoms with Crippen LogP contribution >= 0.6 is 0 Å². The molecule has 1 saturated carbocycles. The van der Waals surface area contributed by atoms with Gasteiger partial charge in [-0.25, -0.2) is 22.8 Å². The zero-order valence-corrected chi connectivity index (χ0v) is 24.5. The molecule has 1 fully saturated rings. The van der Waals surface area contributed by atoms with Crippen LogP contribution in [0.25, 0.3) is 22.4 Å². The molecule has 44 heavy (non-hydrogen) atoms. The Bertz CT molecular complexity index is 1870. The summed E-state index contributed by atoms with van der Waals surface area (Å²) in [5.41, 5.74) is 8.48. The van der Waals surface area contributed by atoms with Gasteiger partial charge in [0.05, 0.1) is 21.8 Å². The SMILES string of the molecule is NC1CCC(Nc2nccc(-c3cnccc3Oc3ccc(NS(=O)(=O)c4ccccc4-c4ccccc4)cc3F)n2)CC1. The summed E-state index contributed by atoms with van der Waals surface area (Å²) in [7, 11) is -4.03. The van der Waals surface area contributed by atoms with Gasteiger partial charge in [0, 0.05) is 42.3 Å². The molecule has 0 spiro atoms. The van der Waals surface area contributed by atoms with Crippen molar-refractivity contribution in [2.45, 2.75) is 42.7 Å². The highest BCUT2D eigenvalue weighted by Gasteiger charge is 2.22. The molecule has 0 bridgehead atoms. The summed E-state index contributed by atoms with van der Waals surface area (Å²) in [5, 5.41) is 3.38. The molecule has 11 heteroatoms. The summed E-state index contributed by atoms with van der Waals surface area (Å²) in [5.74, 6) is -0.0207. The van der Waals surface area contributed by atoms with Crippen molar-refractivity contribution < 1.29 is 17.5 Å². The molecular formula is C33H31FN6O3S. The fourth-order valence-corrected chi connectivity index (χ4v) is 6.50. The van der Waals surface area contributed by atoms with E-state index in [2.05, 4.69) is 25.0 Å². The maximum absolute atomic E-state index is 15.3. The van der Waals surface area contributed by atoms with Gasteiger partial charge in [0.2, 0.25) is 5.95 Å². The predicted molar refractivity (Wildman–Crippen MR) is 168 cm³/mol. The lowest BCUT2D eigenvalue weighted by atomic mass is 9.92. The van der Waals surface area contributed by atoms with Gasteiger partial charge >= 0.3 is 0 Å². The number of aromatic nitrogens is 3. The maximum Gasteiger partial charge on any atom is 0.262 e. The van der Waals surface area contributed by atoms with Crippen LogP contribution in [0, 0.1) is 5.82 Å². The van der Waals surface area contributed by atoms with E-state index < -0.39 is 15.8 Å². The van der Waals surface area contributed by atoms with Gasteiger partial charge in [-0.05, 0) is 61.6 Å². The van der Waals surface area contributed by atoms with Crippen LogP contribution in [0.3, 0.4) is 0 Å². The molecule has 3 aromatic carbocycles. The monoisotopic (exact) mass is 610 g/mol. The first-order chi connectivity index (χ1) is 21.4. The zero-order chi connectivity index (χ0) is 30.5. The maximum atomic E-state index is 15.3. The third kappa shape index (κ3) is 6.69. The van der Waals surface area contributed by atoms with Crippen LogP contribution < -0.4 is 20.5 Å². The van der Waals surface area contributed by atoms with Crippen molar-refractivity contribution in [1.82, 2.24) is 15.0 Å². The lowest BCUT2D eigenvalue weighted by molar-refractivity contribution is 0.410. The van der Waals surface area contributed by atoms with Gasteiger partial charge in [-0.2, -0.15) is 0 Å².